The van der Waals surface area contributed by atoms with Crippen LogP contribution in [0.1, 0.15) is 12.6 Å². The lowest BCUT2D eigenvalue weighted by Crippen LogP contribution is -2.36. The predicted molar refractivity (Wildman–Crippen MR) is 68.9 cm³/mol. The van der Waals surface area contributed by atoms with Crippen LogP contribution in [0.15, 0.2) is 18.2 Å². The molecule has 1 rings (SSSR count). The van der Waals surface area contributed by atoms with Gasteiger partial charge in [-0.1, -0.05) is 24.6 Å². The van der Waals surface area contributed by atoms with E-state index in [0.29, 0.717) is 18.2 Å². The summed E-state index contributed by atoms with van der Waals surface area (Å²) in [6.07, 6.45) is 0. The number of carbonyl (C=O) groups excluding carboxylic acids is 1. The van der Waals surface area contributed by atoms with Gasteiger partial charge in [-0.25, -0.2) is 4.98 Å². The summed E-state index contributed by atoms with van der Waals surface area (Å²) in [5.74, 6) is 0.0916. The number of halogens is 1. The molecular formula is C12H18ClN3O. The molecule has 1 aromatic heterocycles. The Bertz CT molecular complexity index is 382. The molecule has 4 nitrogen and oxygen atoms in total. The largest absolute Gasteiger partial charge is 0.348 e. The molecule has 0 spiro atoms. The molecule has 17 heavy (non-hydrogen) atoms. The SMILES string of the molecule is CCN(CC(=O)N(C)C)Cc1cccc(Cl)n1. The summed E-state index contributed by atoms with van der Waals surface area (Å²) in [7, 11) is 3.52. The highest BCUT2D eigenvalue weighted by atomic mass is 35.5. The van der Waals surface area contributed by atoms with Gasteiger partial charge in [-0.05, 0) is 18.7 Å². The van der Waals surface area contributed by atoms with E-state index < -0.39 is 0 Å². The maximum absolute atomic E-state index is 11.6. The molecule has 1 heterocycles. The summed E-state index contributed by atoms with van der Waals surface area (Å²) in [4.78, 5) is 19.4. The van der Waals surface area contributed by atoms with Gasteiger partial charge in [0.05, 0.1) is 12.2 Å². The molecular weight excluding hydrogens is 238 g/mol. The number of nitrogens with zero attached hydrogens (tertiary/aromatic N) is 3. The fourth-order valence-electron chi connectivity index (χ4n) is 1.38. The topological polar surface area (TPSA) is 36.4 Å². The fourth-order valence-corrected chi connectivity index (χ4v) is 1.56. The quantitative estimate of drug-likeness (QED) is 0.751. The van der Waals surface area contributed by atoms with Gasteiger partial charge in [0.15, 0.2) is 0 Å². The van der Waals surface area contributed by atoms with Crippen LogP contribution in [0.5, 0.6) is 0 Å². The zero-order chi connectivity index (χ0) is 12.8. The van der Waals surface area contributed by atoms with Gasteiger partial charge in [0.1, 0.15) is 5.15 Å². The Morgan fingerprint density at radius 3 is 2.65 bits per heavy atom. The molecule has 0 saturated carbocycles. The highest BCUT2D eigenvalue weighted by Crippen LogP contribution is 2.07. The van der Waals surface area contributed by atoms with E-state index in [-0.39, 0.29) is 5.91 Å². The van der Waals surface area contributed by atoms with Crippen molar-refractivity contribution in [3.8, 4) is 0 Å². The molecule has 0 radical (unpaired) electrons. The molecule has 5 heteroatoms. The minimum Gasteiger partial charge on any atom is -0.348 e. The first kappa shape index (κ1) is 13.9. The summed E-state index contributed by atoms with van der Waals surface area (Å²) >= 11 is 5.82. The molecule has 94 valence electrons. The number of hydrogen-bond donors (Lipinski definition) is 0. The van der Waals surface area contributed by atoms with E-state index in [1.54, 1.807) is 25.1 Å². The van der Waals surface area contributed by atoms with Crippen molar-refractivity contribution >= 4 is 17.5 Å². The number of hydrogen-bond acceptors (Lipinski definition) is 3. The highest BCUT2D eigenvalue weighted by Gasteiger charge is 2.11. The summed E-state index contributed by atoms with van der Waals surface area (Å²) in [6, 6.07) is 5.52. The van der Waals surface area contributed by atoms with Crippen LogP contribution in [-0.2, 0) is 11.3 Å². The number of aromatic nitrogens is 1. The van der Waals surface area contributed by atoms with Gasteiger partial charge in [0.2, 0.25) is 5.91 Å². The first-order chi connectivity index (χ1) is 8.02. The summed E-state index contributed by atoms with van der Waals surface area (Å²) < 4.78 is 0. The Morgan fingerprint density at radius 1 is 1.41 bits per heavy atom. The van der Waals surface area contributed by atoms with Gasteiger partial charge in [-0.2, -0.15) is 0 Å². The minimum atomic E-state index is 0.0916. The summed E-state index contributed by atoms with van der Waals surface area (Å²) in [6.45, 7) is 3.86. The summed E-state index contributed by atoms with van der Waals surface area (Å²) in [5.41, 5.74) is 0.880. The van der Waals surface area contributed by atoms with Crippen LogP contribution in [0.2, 0.25) is 5.15 Å². The second-order valence-electron chi connectivity index (χ2n) is 4.04. The van der Waals surface area contributed by atoms with Crippen molar-refractivity contribution in [2.45, 2.75) is 13.5 Å². The van der Waals surface area contributed by atoms with E-state index in [4.69, 9.17) is 11.6 Å². The van der Waals surface area contributed by atoms with E-state index in [1.165, 1.54) is 0 Å². The average Bonchev–Trinajstić information content (AvgIpc) is 2.27. The second-order valence-corrected chi connectivity index (χ2v) is 4.43. The van der Waals surface area contributed by atoms with Gasteiger partial charge < -0.3 is 4.90 Å². The van der Waals surface area contributed by atoms with E-state index in [0.717, 1.165) is 12.2 Å². The third-order valence-electron chi connectivity index (χ3n) is 2.46. The van der Waals surface area contributed by atoms with Gasteiger partial charge >= 0.3 is 0 Å². The zero-order valence-electron chi connectivity index (χ0n) is 10.5. The summed E-state index contributed by atoms with van der Waals surface area (Å²) in [5, 5.41) is 0.484. The first-order valence-corrected chi connectivity index (χ1v) is 5.94. The maximum Gasteiger partial charge on any atom is 0.236 e. The van der Waals surface area contributed by atoms with Crippen molar-refractivity contribution in [3.63, 3.8) is 0 Å². The number of pyridine rings is 1. The van der Waals surface area contributed by atoms with E-state index in [2.05, 4.69) is 4.98 Å². The highest BCUT2D eigenvalue weighted by molar-refractivity contribution is 6.29. The van der Waals surface area contributed by atoms with Gasteiger partial charge in [0.25, 0.3) is 0 Å². The molecule has 1 aromatic rings. The van der Waals surface area contributed by atoms with Crippen molar-refractivity contribution in [3.05, 3.63) is 29.0 Å². The van der Waals surface area contributed by atoms with E-state index >= 15 is 0 Å². The lowest BCUT2D eigenvalue weighted by atomic mass is 10.3. The first-order valence-electron chi connectivity index (χ1n) is 5.57. The Hall–Kier alpha value is -1.13. The number of carbonyl (C=O) groups is 1. The molecule has 0 bridgehead atoms. The molecule has 0 aliphatic rings. The maximum atomic E-state index is 11.6. The Labute approximate surface area is 107 Å². The van der Waals surface area contributed by atoms with Gasteiger partial charge in [-0.15, -0.1) is 0 Å². The lowest BCUT2D eigenvalue weighted by molar-refractivity contribution is -0.130. The number of rotatable bonds is 5. The Balaban J connectivity index is 2.61. The molecule has 1 amide bonds. The average molecular weight is 256 g/mol. The Kier molecular flexibility index (Phi) is 5.38. The van der Waals surface area contributed by atoms with Crippen molar-refractivity contribution in [1.82, 2.24) is 14.8 Å². The molecule has 0 aromatic carbocycles. The molecule has 0 aliphatic carbocycles. The van der Waals surface area contributed by atoms with Gasteiger partial charge in [-0.3, -0.25) is 9.69 Å². The second kappa shape index (κ2) is 6.57. The molecule has 0 saturated heterocycles. The van der Waals surface area contributed by atoms with Crippen LogP contribution >= 0.6 is 11.6 Å². The van der Waals surface area contributed by atoms with Crippen molar-refractivity contribution < 1.29 is 4.79 Å². The minimum absolute atomic E-state index is 0.0916. The van der Waals surface area contributed by atoms with Crippen LogP contribution < -0.4 is 0 Å². The molecule has 0 aliphatic heterocycles. The van der Waals surface area contributed by atoms with Crippen molar-refractivity contribution in [2.75, 3.05) is 27.2 Å². The van der Waals surface area contributed by atoms with Crippen LogP contribution in [-0.4, -0.2) is 47.9 Å². The fraction of sp³-hybridized carbons (Fsp3) is 0.500. The van der Waals surface area contributed by atoms with Crippen molar-refractivity contribution in [1.29, 1.82) is 0 Å². The van der Waals surface area contributed by atoms with Crippen LogP contribution in [0.4, 0.5) is 0 Å². The molecule has 0 N–H and O–H groups in total. The predicted octanol–water partition coefficient (Wildman–Crippen LogP) is 1.65. The molecule has 0 fully saturated rings. The lowest BCUT2D eigenvalue weighted by Gasteiger charge is -2.21. The zero-order valence-corrected chi connectivity index (χ0v) is 11.2. The molecule has 0 atom stereocenters. The Morgan fingerprint density at radius 2 is 2.12 bits per heavy atom. The van der Waals surface area contributed by atoms with E-state index in [9.17, 15) is 4.79 Å². The molecule has 0 unspecified atom stereocenters. The third kappa shape index (κ3) is 4.71. The van der Waals surface area contributed by atoms with Gasteiger partial charge in [0, 0.05) is 20.6 Å². The normalized spacial score (nSPS) is 10.6. The third-order valence-corrected chi connectivity index (χ3v) is 2.67. The van der Waals surface area contributed by atoms with Crippen LogP contribution in [0.25, 0.3) is 0 Å². The van der Waals surface area contributed by atoms with Crippen molar-refractivity contribution in [2.24, 2.45) is 0 Å². The smallest absolute Gasteiger partial charge is 0.236 e. The van der Waals surface area contributed by atoms with E-state index in [1.807, 2.05) is 24.0 Å². The number of likely N-dealkylation sites (N-methyl/N-ethyl adjacent to an activating group) is 2. The standard InChI is InChI=1S/C12H18ClN3O/c1-4-16(9-12(17)15(2)3)8-10-6-5-7-11(13)14-10/h5-7H,4,8-9H2,1-3H3. The monoisotopic (exact) mass is 255 g/mol. The van der Waals surface area contributed by atoms with Crippen LogP contribution in [0.3, 0.4) is 0 Å². The number of amides is 1. The van der Waals surface area contributed by atoms with Crippen LogP contribution in [0, 0.1) is 0 Å².